The van der Waals surface area contributed by atoms with Gasteiger partial charge in [0.15, 0.2) is 6.10 Å². The zero-order valence-corrected chi connectivity index (χ0v) is 21.5. The minimum absolute atomic E-state index is 0.0521. The maximum absolute atomic E-state index is 14.0. The van der Waals surface area contributed by atoms with E-state index in [4.69, 9.17) is 0 Å². The molecule has 0 radical (unpaired) electrons. The summed E-state index contributed by atoms with van der Waals surface area (Å²) in [6.07, 6.45) is -12.7. The van der Waals surface area contributed by atoms with Gasteiger partial charge in [-0.2, -0.15) is 13.2 Å². The smallest absolute Gasteiger partial charge is 0.406 e. The molecule has 0 aromatic heterocycles. The van der Waals surface area contributed by atoms with Crippen LogP contribution in [0, 0.1) is 0 Å². The molecule has 220 valence electrons. The molecule has 5 rings (SSSR count). The van der Waals surface area contributed by atoms with Gasteiger partial charge in [-0.1, -0.05) is 42.5 Å². The lowest BCUT2D eigenvalue weighted by Crippen LogP contribution is -2.44. The number of fused-ring (bicyclic) bond motifs is 1. The summed E-state index contributed by atoms with van der Waals surface area (Å²) in [7, 11) is 0. The molecule has 1 saturated heterocycles. The number of nitrogens with zero attached hydrogens (tertiary/aromatic N) is 2. The molecule has 2 heterocycles. The van der Waals surface area contributed by atoms with Crippen LogP contribution in [0.2, 0.25) is 0 Å². The first-order valence-corrected chi connectivity index (χ1v) is 12.8. The van der Waals surface area contributed by atoms with Crippen LogP contribution in [0.4, 0.5) is 46.5 Å². The van der Waals surface area contributed by atoms with Crippen LogP contribution in [0.15, 0.2) is 72.8 Å². The standard InChI is InChI=1S/C29H26F8N2O2/c30-27(31)11-12-38(18-27)21-7-4-6-20(14-21)26(15-19-5-3-8-22(13-19)41-29(35,36)37)17-39(16-25(40)28(32,33)34)24-10-2-1-9-23(24)26/h1-10,13-14,25,40H,11-12,15-18H2/t25-,26?/m1/s1. The van der Waals surface area contributed by atoms with Crippen LogP contribution < -0.4 is 14.5 Å². The number of para-hydroxylation sites is 1. The third-order valence-electron chi connectivity index (χ3n) is 7.56. The van der Waals surface area contributed by atoms with E-state index in [-0.39, 0.29) is 25.9 Å². The lowest BCUT2D eigenvalue weighted by Gasteiger charge is -2.33. The predicted molar refractivity (Wildman–Crippen MR) is 137 cm³/mol. The molecule has 3 aromatic rings. The molecule has 1 N–H and O–H groups in total. The minimum Gasteiger partial charge on any atom is -0.406 e. The number of alkyl halides is 8. The molecule has 0 bridgehead atoms. The highest BCUT2D eigenvalue weighted by Crippen LogP contribution is 2.48. The predicted octanol–water partition coefficient (Wildman–Crippen LogP) is 6.70. The third-order valence-corrected chi connectivity index (χ3v) is 7.56. The van der Waals surface area contributed by atoms with Crippen molar-refractivity contribution >= 4 is 11.4 Å². The van der Waals surface area contributed by atoms with E-state index < -0.39 is 48.8 Å². The zero-order chi connectivity index (χ0) is 29.6. The van der Waals surface area contributed by atoms with E-state index in [1.54, 1.807) is 54.6 Å². The lowest BCUT2D eigenvalue weighted by atomic mass is 9.71. The van der Waals surface area contributed by atoms with Gasteiger partial charge in [-0.15, -0.1) is 13.2 Å². The Labute approximate surface area is 230 Å². The fraction of sp³-hybridized carbons (Fsp3) is 0.379. The number of halogens is 8. The topological polar surface area (TPSA) is 35.9 Å². The van der Waals surface area contributed by atoms with E-state index in [0.717, 1.165) is 6.07 Å². The molecule has 2 aliphatic heterocycles. The number of hydrogen-bond donors (Lipinski definition) is 1. The number of aliphatic hydroxyl groups is 1. The molecular formula is C29H26F8N2O2. The Morgan fingerprint density at radius 3 is 2.29 bits per heavy atom. The number of aliphatic hydroxyl groups excluding tert-OH is 1. The summed E-state index contributed by atoms with van der Waals surface area (Å²) >= 11 is 0. The highest BCUT2D eigenvalue weighted by atomic mass is 19.4. The molecule has 1 fully saturated rings. The van der Waals surface area contributed by atoms with Crippen molar-refractivity contribution in [1.29, 1.82) is 0 Å². The van der Waals surface area contributed by atoms with Crippen LogP contribution in [-0.4, -0.2) is 55.9 Å². The van der Waals surface area contributed by atoms with Crippen LogP contribution >= 0.6 is 0 Å². The second-order valence-corrected chi connectivity index (χ2v) is 10.5. The molecular weight excluding hydrogens is 560 g/mol. The van der Waals surface area contributed by atoms with E-state index in [1.807, 2.05) is 0 Å². The molecule has 2 atom stereocenters. The van der Waals surface area contributed by atoms with Crippen molar-refractivity contribution in [3.05, 3.63) is 89.5 Å². The Balaban J connectivity index is 1.60. The molecule has 41 heavy (non-hydrogen) atoms. The first-order chi connectivity index (χ1) is 19.2. The number of rotatable bonds is 7. The molecule has 12 heteroatoms. The summed E-state index contributed by atoms with van der Waals surface area (Å²) in [6, 6.07) is 18.8. The van der Waals surface area contributed by atoms with Crippen molar-refractivity contribution in [2.75, 3.05) is 36.0 Å². The Morgan fingerprint density at radius 1 is 0.878 bits per heavy atom. The summed E-state index contributed by atoms with van der Waals surface area (Å²) in [5, 5.41) is 9.92. The second kappa shape index (κ2) is 10.4. The van der Waals surface area contributed by atoms with E-state index in [1.165, 1.54) is 21.9 Å². The van der Waals surface area contributed by atoms with Gasteiger partial charge < -0.3 is 19.6 Å². The third kappa shape index (κ3) is 6.22. The van der Waals surface area contributed by atoms with Gasteiger partial charge in [0.05, 0.1) is 13.1 Å². The van der Waals surface area contributed by atoms with Crippen LogP contribution in [-0.2, 0) is 11.8 Å². The van der Waals surface area contributed by atoms with Crippen LogP contribution in [0.5, 0.6) is 5.75 Å². The van der Waals surface area contributed by atoms with Gasteiger partial charge in [-0.25, -0.2) is 8.78 Å². The fourth-order valence-electron chi connectivity index (χ4n) is 5.78. The first kappa shape index (κ1) is 29.0. The molecule has 2 aliphatic rings. The van der Waals surface area contributed by atoms with E-state index in [9.17, 15) is 40.2 Å². The minimum atomic E-state index is -4.92. The van der Waals surface area contributed by atoms with Gasteiger partial charge in [-0.05, 0) is 53.4 Å². The Kier molecular flexibility index (Phi) is 7.33. The van der Waals surface area contributed by atoms with Crippen molar-refractivity contribution in [1.82, 2.24) is 0 Å². The van der Waals surface area contributed by atoms with Crippen molar-refractivity contribution < 1.29 is 45.0 Å². The summed E-state index contributed by atoms with van der Waals surface area (Å²) in [6.45, 7) is -1.19. The molecule has 3 aromatic carbocycles. The first-order valence-electron chi connectivity index (χ1n) is 12.8. The maximum Gasteiger partial charge on any atom is 0.573 e. The van der Waals surface area contributed by atoms with Gasteiger partial charge in [-0.3, -0.25) is 0 Å². The average molecular weight is 587 g/mol. The maximum atomic E-state index is 14.0. The molecule has 0 spiro atoms. The molecule has 0 amide bonds. The quantitative estimate of drug-likeness (QED) is 0.313. The van der Waals surface area contributed by atoms with E-state index >= 15 is 0 Å². The highest BCUT2D eigenvalue weighted by Gasteiger charge is 2.48. The van der Waals surface area contributed by atoms with Gasteiger partial charge in [0.1, 0.15) is 5.75 Å². The lowest BCUT2D eigenvalue weighted by molar-refractivity contribution is -0.274. The highest BCUT2D eigenvalue weighted by molar-refractivity contribution is 5.68. The van der Waals surface area contributed by atoms with Crippen molar-refractivity contribution in [3.8, 4) is 5.75 Å². The van der Waals surface area contributed by atoms with Gasteiger partial charge in [0.25, 0.3) is 5.92 Å². The summed E-state index contributed by atoms with van der Waals surface area (Å²) in [5.41, 5.74) is 1.43. The Morgan fingerprint density at radius 2 is 1.61 bits per heavy atom. The van der Waals surface area contributed by atoms with E-state index in [0.29, 0.717) is 28.1 Å². The SMILES string of the molecule is O[C@H](CN1CC(Cc2cccc(OC(F)(F)F)c2)(c2cccc(N3CCC(F)(F)C3)c2)c2ccccc21)C(F)(F)F. The monoisotopic (exact) mass is 586 g/mol. The van der Waals surface area contributed by atoms with Gasteiger partial charge >= 0.3 is 12.5 Å². The van der Waals surface area contributed by atoms with Gasteiger partial charge in [0, 0.05) is 36.3 Å². The molecule has 0 aliphatic carbocycles. The molecule has 4 nitrogen and oxygen atoms in total. The number of β-amino-alcohol motifs (C(OH)–C–C–N with tert-alkyl or cyclic N) is 1. The Hall–Kier alpha value is -3.54. The summed E-state index contributed by atoms with van der Waals surface area (Å²) in [4.78, 5) is 2.93. The number of hydrogen-bond acceptors (Lipinski definition) is 4. The largest absolute Gasteiger partial charge is 0.573 e. The summed E-state index contributed by atoms with van der Waals surface area (Å²) < 4.78 is 111. The summed E-state index contributed by atoms with van der Waals surface area (Å²) in [5.74, 6) is -3.31. The Bertz CT molecular complexity index is 1390. The van der Waals surface area contributed by atoms with Crippen molar-refractivity contribution in [2.45, 2.75) is 42.8 Å². The van der Waals surface area contributed by atoms with Crippen molar-refractivity contribution in [2.24, 2.45) is 0 Å². The molecule has 1 unspecified atom stereocenters. The zero-order valence-electron chi connectivity index (χ0n) is 21.5. The number of anilines is 2. The van der Waals surface area contributed by atoms with Crippen LogP contribution in [0.1, 0.15) is 23.1 Å². The van der Waals surface area contributed by atoms with Gasteiger partial charge in [0.2, 0.25) is 0 Å². The van der Waals surface area contributed by atoms with Crippen molar-refractivity contribution in [3.63, 3.8) is 0 Å². The fourth-order valence-corrected chi connectivity index (χ4v) is 5.78. The van der Waals surface area contributed by atoms with E-state index in [2.05, 4.69) is 4.74 Å². The second-order valence-electron chi connectivity index (χ2n) is 10.5. The van der Waals surface area contributed by atoms with Crippen LogP contribution in [0.3, 0.4) is 0 Å². The molecule has 0 saturated carbocycles. The normalized spacial score (nSPS) is 21.2. The number of benzene rings is 3. The average Bonchev–Trinajstić information content (AvgIpc) is 3.40. The number of ether oxygens (including phenoxy) is 1. The van der Waals surface area contributed by atoms with Crippen LogP contribution in [0.25, 0.3) is 0 Å².